The fourth-order valence-electron chi connectivity index (χ4n) is 1.78. The molecule has 0 unspecified atom stereocenters. The monoisotopic (exact) mass is 295 g/mol. The highest BCUT2D eigenvalue weighted by molar-refractivity contribution is 5.94. The second-order valence-corrected chi connectivity index (χ2v) is 4.30. The van der Waals surface area contributed by atoms with Gasteiger partial charge < -0.3 is 15.0 Å². The van der Waals surface area contributed by atoms with E-state index in [-0.39, 0.29) is 11.7 Å². The van der Waals surface area contributed by atoms with Crippen LogP contribution in [0.15, 0.2) is 36.7 Å². The number of nitrogens with one attached hydrogen (secondary N) is 2. The number of rotatable bonds is 7. The summed E-state index contributed by atoms with van der Waals surface area (Å²) in [6, 6.07) is 5.56. The molecule has 1 amide bonds. The van der Waals surface area contributed by atoms with Crippen molar-refractivity contribution in [2.45, 2.75) is 19.5 Å². The first kappa shape index (κ1) is 15.0. The minimum atomic E-state index is -2.87. The lowest BCUT2D eigenvalue weighted by molar-refractivity contribution is -0.0498. The third kappa shape index (κ3) is 4.87. The van der Waals surface area contributed by atoms with Gasteiger partial charge in [0.05, 0.1) is 0 Å². The zero-order valence-electron chi connectivity index (χ0n) is 11.2. The minimum absolute atomic E-state index is 0.0272. The number of imidazole rings is 1. The molecule has 0 saturated heterocycles. The lowest BCUT2D eigenvalue weighted by atomic mass is 10.2. The summed E-state index contributed by atoms with van der Waals surface area (Å²) < 4.78 is 28.2. The number of benzene rings is 1. The second kappa shape index (κ2) is 7.37. The highest BCUT2D eigenvalue weighted by Gasteiger charge is 2.07. The van der Waals surface area contributed by atoms with E-state index in [1.807, 2.05) is 0 Å². The van der Waals surface area contributed by atoms with E-state index < -0.39 is 6.61 Å². The fraction of sp³-hybridized carbons (Fsp3) is 0.286. The molecule has 0 radical (unpaired) electrons. The number of nitrogens with zero attached hydrogens (tertiary/aromatic N) is 1. The molecule has 0 aliphatic carbocycles. The van der Waals surface area contributed by atoms with E-state index in [4.69, 9.17) is 0 Å². The van der Waals surface area contributed by atoms with Crippen molar-refractivity contribution in [3.8, 4) is 5.75 Å². The number of hydrogen-bond donors (Lipinski definition) is 2. The molecule has 21 heavy (non-hydrogen) atoms. The summed E-state index contributed by atoms with van der Waals surface area (Å²) >= 11 is 0. The molecule has 1 aromatic carbocycles. The molecular weight excluding hydrogens is 280 g/mol. The lowest BCUT2D eigenvalue weighted by Crippen LogP contribution is -2.24. The van der Waals surface area contributed by atoms with E-state index in [2.05, 4.69) is 20.0 Å². The first-order valence-corrected chi connectivity index (χ1v) is 6.46. The Bertz CT molecular complexity index is 556. The average Bonchev–Trinajstić information content (AvgIpc) is 2.97. The van der Waals surface area contributed by atoms with Gasteiger partial charge in [-0.2, -0.15) is 8.78 Å². The summed E-state index contributed by atoms with van der Waals surface area (Å²) in [4.78, 5) is 18.9. The Labute approximate surface area is 120 Å². The molecule has 1 aromatic heterocycles. The van der Waals surface area contributed by atoms with Gasteiger partial charge in [0, 0.05) is 30.9 Å². The van der Waals surface area contributed by atoms with Crippen LogP contribution in [-0.4, -0.2) is 29.0 Å². The predicted molar refractivity (Wildman–Crippen MR) is 72.3 cm³/mol. The van der Waals surface area contributed by atoms with Crippen molar-refractivity contribution in [2.24, 2.45) is 0 Å². The quantitative estimate of drug-likeness (QED) is 0.771. The molecule has 0 fully saturated rings. The first-order chi connectivity index (χ1) is 10.1. The molecule has 0 aliphatic heterocycles. The number of H-pyrrole nitrogens is 1. The summed E-state index contributed by atoms with van der Waals surface area (Å²) in [5.41, 5.74) is 0.398. The summed E-state index contributed by atoms with van der Waals surface area (Å²) in [7, 11) is 0. The first-order valence-electron chi connectivity index (χ1n) is 6.46. The van der Waals surface area contributed by atoms with Crippen LogP contribution < -0.4 is 10.1 Å². The molecular formula is C14H15F2N3O2. The summed E-state index contributed by atoms with van der Waals surface area (Å²) in [6.45, 7) is -2.36. The number of aromatic amines is 1. The van der Waals surface area contributed by atoms with Crippen molar-refractivity contribution in [3.05, 3.63) is 48.0 Å². The van der Waals surface area contributed by atoms with E-state index in [1.54, 1.807) is 12.4 Å². The largest absolute Gasteiger partial charge is 0.435 e. The van der Waals surface area contributed by atoms with Crippen molar-refractivity contribution >= 4 is 5.91 Å². The van der Waals surface area contributed by atoms with Crippen molar-refractivity contribution in [2.75, 3.05) is 6.54 Å². The fourth-order valence-corrected chi connectivity index (χ4v) is 1.78. The molecule has 0 spiro atoms. The predicted octanol–water partition coefficient (Wildman–Crippen LogP) is 2.37. The SMILES string of the molecule is O=C(NCCCc1ncc[nH]1)c1ccc(OC(F)F)cc1. The van der Waals surface area contributed by atoms with E-state index in [9.17, 15) is 13.6 Å². The van der Waals surface area contributed by atoms with Gasteiger partial charge >= 0.3 is 6.61 Å². The smallest absolute Gasteiger partial charge is 0.387 e. The van der Waals surface area contributed by atoms with Gasteiger partial charge in [-0.3, -0.25) is 4.79 Å². The summed E-state index contributed by atoms with van der Waals surface area (Å²) in [6.07, 6.45) is 4.92. The molecule has 2 N–H and O–H groups in total. The number of aromatic nitrogens is 2. The van der Waals surface area contributed by atoms with Gasteiger partial charge in [0.15, 0.2) is 0 Å². The second-order valence-electron chi connectivity index (χ2n) is 4.30. The van der Waals surface area contributed by atoms with Gasteiger partial charge in [-0.25, -0.2) is 4.98 Å². The lowest BCUT2D eigenvalue weighted by Gasteiger charge is -2.07. The van der Waals surface area contributed by atoms with E-state index in [0.29, 0.717) is 12.1 Å². The van der Waals surface area contributed by atoms with Crippen molar-refractivity contribution in [3.63, 3.8) is 0 Å². The van der Waals surface area contributed by atoms with Crippen LogP contribution in [0.25, 0.3) is 0 Å². The van der Waals surface area contributed by atoms with Crippen LogP contribution in [0, 0.1) is 0 Å². The maximum absolute atomic E-state index is 12.0. The van der Waals surface area contributed by atoms with Crippen LogP contribution in [0.1, 0.15) is 22.6 Å². The third-order valence-corrected chi connectivity index (χ3v) is 2.77. The molecule has 0 aliphatic rings. The number of amides is 1. The molecule has 0 atom stereocenters. The van der Waals surface area contributed by atoms with Gasteiger partial charge in [0.1, 0.15) is 11.6 Å². The normalized spacial score (nSPS) is 10.6. The van der Waals surface area contributed by atoms with Crippen LogP contribution in [0.2, 0.25) is 0 Å². The molecule has 1 heterocycles. The number of ether oxygens (including phenoxy) is 1. The molecule has 2 rings (SSSR count). The Hall–Kier alpha value is -2.44. The van der Waals surface area contributed by atoms with Gasteiger partial charge in [-0.15, -0.1) is 0 Å². The zero-order valence-corrected chi connectivity index (χ0v) is 11.2. The zero-order chi connectivity index (χ0) is 15.1. The van der Waals surface area contributed by atoms with Crippen molar-refractivity contribution in [1.29, 1.82) is 0 Å². The Kier molecular flexibility index (Phi) is 5.25. The number of halogens is 2. The average molecular weight is 295 g/mol. The van der Waals surface area contributed by atoms with E-state index in [0.717, 1.165) is 18.7 Å². The highest BCUT2D eigenvalue weighted by atomic mass is 19.3. The maximum atomic E-state index is 12.0. The Balaban J connectivity index is 1.75. The van der Waals surface area contributed by atoms with Gasteiger partial charge in [-0.1, -0.05) is 0 Å². The van der Waals surface area contributed by atoms with Crippen molar-refractivity contribution < 1.29 is 18.3 Å². The van der Waals surface area contributed by atoms with Crippen LogP contribution in [0.3, 0.4) is 0 Å². The summed E-state index contributed by atoms with van der Waals surface area (Å²) in [5.74, 6) is 0.648. The van der Waals surface area contributed by atoms with Gasteiger partial charge in [0.2, 0.25) is 0 Å². The van der Waals surface area contributed by atoms with E-state index >= 15 is 0 Å². The van der Waals surface area contributed by atoms with Crippen molar-refractivity contribution in [1.82, 2.24) is 15.3 Å². The number of carbonyl (C=O) groups is 1. The molecule has 5 nitrogen and oxygen atoms in total. The maximum Gasteiger partial charge on any atom is 0.387 e. The number of alkyl halides is 2. The number of carbonyl (C=O) groups excluding carboxylic acids is 1. The number of hydrogen-bond acceptors (Lipinski definition) is 3. The van der Waals surface area contributed by atoms with E-state index in [1.165, 1.54) is 24.3 Å². The third-order valence-electron chi connectivity index (χ3n) is 2.77. The molecule has 0 saturated carbocycles. The molecule has 112 valence electrons. The number of aryl methyl sites for hydroxylation is 1. The molecule has 2 aromatic rings. The minimum Gasteiger partial charge on any atom is -0.435 e. The highest BCUT2D eigenvalue weighted by Crippen LogP contribution is 2.14. The van der Waals surface area contributed by atoms with Gasteiger partial charge in [-0.05, 0) is 30.7 Å². The standard InChI is InChI=1S/C14H15F2N3O2/c15-14(16)21-11-5-3-10(4-6-11)13(20)19-7-1-2-12-17-8-9-18-12/h3-6,8-9,14H,1-2,7H2,(H,17,18)(H,19,20). The van der Waals surface area contributed by atoms with Crippen LogP contribution in [-0.2, 0) is 6.42 Å². The topological polar surface area (TPSA) is 67.0 Å². The van der Waals surface area contributed by atoms with Crippen LogP contribution >= 0.6 is 0 Å². The Morgan fingerprint density at radius 3 is 2.71 bits per heavy atom. The summed E-state index contributed by atoms with van der Waals surface area (Å²) in [5, 5.41) is 2.75. The molecule has 0 bridgehead atoms. The molecule has 7 heteroatoms. The van der Waals surface area contributed by atoms with Crippen LogP contribution in [0.5, 0.6) is 5.75 Å². The Morgan fingerprint density at radius 2 is 2.10 bits per heavy atom. The Morgan fingerprint density at radius 1 is 1.33 bits per heavy atom. The van der Waals surface area contributed by atoms with Crippen LogP contribution in [0.4, 0.5) is 8.78 Å². The van der Waals surface area contributed by atoms with Gasteiger partial charge in [0.25, 0.3) is 5.91 Å².